The summed E-state index contributed by atoms with van der Waals surface area (Å²) in [7, 11) is 1.63. The molecule has 0 spiro atoms. The Kier molecular flexibility index (Phi) is 6.24. The molecule has 2 aromatic rings. The maximum atomic E-state index is 12.4. The van der Waals surface area contributed by atoms with Crippen molar-refractivity contribution < 1.29 is 14.3 Å². The number of methoxy groups -OCH3 is 1. The number of hydrogen-bond donors (Lipinski definition) is 1. The Morgan fingerprint density at radius 3 is 2.46 bits per heavy atom. The van der Waals surface area contributed by atoms with Gasteiger partial charge in [0.15, 0.2) is 6.10 Å². The first-order valence-corrected chi connectivity index (χ1v) is 8.18. The van der Waals surface area contributed by atoms with Crippen molar-refractivity contribution in [2.24, 2.45) is 0 Å². The fraction of sp³-hybridized carbons (Fsp3) is 0.350. The van der Waals surface area contributed by atoms with E-state index in [1.54, 1.807) is 7.11 Å². The van der Waals surface area contributed by atoms with Gasteiger partial charge in [-0.05, 0) is 55.2 Å². The number of nitrogens with one attached hydrogen (secondary N) is 1. The Hall–Kier alpha value is -2.49. The molecule has 1 N–H and O–H groups in total. The maximum absolute atomic E-state index is 12.4. The molecule has 0 heterocycles. The number of aryl methyl sites for hydroxylation is 1. The molecule has 0 saturated heterocycles. The van der Waals surface area contributed by atoms with E-state index in [4.69, 9.17) is 9.47 Å². The summed E-state index contributed by atoms with van der Waals surface area (Å²) < 4.78 is 11.1. The molecule has 0 unspecified atom stereocenters. The topological polar surface area (TPSA) is 47.6 Å². The summed E-state index contributed by atoms with van der Waals surface area (Å²) in [6.07, 6.45) is 0.116. The zero-order valence-corrected chi connectivity index (χ0v) is 14.8. The number of carbonyl (C=O) groups is 1. The fourth-order valence-electron chi connectivity index (χ4n) is 2.37. The minimum absolute atomic E-state index is 0.103. The first-order chi connectivity index (χ1) is 11.5. The molecule has 0 saturated carbocycles. The van der Waals surface area contributed by atoms with Gasteiger partial charge in [0.2, 0.25) is 0 Å². The summed E-state index contributed by atoms with van der Waals surface area (Å²) in [5.74, 6) is 1.46. The second kappa shape index (κ2) is 8.39. The Balaban J connectivity index is 1.96. The van der Waals surface area contributed by atoms with Crippen LogP contribution in [0.3, 0.4) is 0 Å². The SMILES string of the molecule is CC[C@@H](Oc1cccc(C)c1C)C(=O)NCc1ccc(OC)cc1. The first kappa shape index (κ1) is 17.9. The molecule has 2 aromatic carbocycles. The van der Waals surface area contributed by atoms with Gasteiger partial charge in [-0.25, -0.2) is 0 Å². The average Bonchev–Trinajstić information content (AvgIpc) is 2.61. The minimum Gasteiger partial charge on any atom is -0.497 e. The molecule has 1 atom stereocenters. The van der Waals surface area contributed by atoms with Crippen molar-refractivity contribution in [2.45, 2.75) is 39.8 Å². The van der Waals surface area contributed by atoms with Crippen LogP contribution in [0.2, 0.25) is 0 Å². The molecule has 0 fully saturated rings. The van der Waals surface area contributed by atoms with Crippen LogP contribution < -0.4 is 14.8 Å². The van der Waals surface area contributed by atoms with Crippen LogP contribution >= 0.6 is 0 Å². The molecule has 0 aliphatic heterocycles. The van der Waals surface area contributed by atoms with Gasteiger partial charge < -0.3 is 14.8 Å². The van der Waals surface area contributed by atoms with Crippen LogP contribution in [0.25, 0.3) is 0 Å². The Morgan fingerprint density at radius 2 is 1.83 bits per heavy atom. The lowest BCUT2D eigenvalue weighted by Gasteiger charge is -2.19. The zero-order chi connectivity index (χ0) is 17.5. The minimum atomic E-state index is -0.497. The lowest BCUT2D eigenvalue weighted by molar-refractivity contribution is -0.128. The van der Waals surface area contributed by atoms with Crippen LogP contribution in [0.4, 0.5) is 0 Å². The molecular weight excluding hydrogens is 302 g/mol. The Labute approximate surface area is 143 Å². The van der Waals surface area contributed by atoms with Crippen LogP contribution in [0.1, 0.15) is 30.0 Å². The smallest absolute Gasteiger partial charge is 0.261 e. The van der Waals surface area contributed by atoms with Crippen LogP contribution in [0.5, 0.6) is 11.5 Å². The van der Waals surface area contributed by atoms with E-state index in [2.05, 4.69) is 5.32 Å². The van der Waals surface area contributed by atoms with E-state index in [0.29, 0.717) is 13.0 Å². The van der Waals surface area contributed by atoms with Crippen molar-refractivity contribution in [3.8, 4) is 11.5 Å². The number of carbonyl (C=O) groups excluding carboxylic acids is 1. The summed E-state index contributed by atoms with van der Waals surface area (Å²) in [4.78, 5) is 12.4. The zero-order valence-electron chi connectivity index (χ0n) is 14.8. The predicted molar refractivity (Wildman–Crippen MR) is 95.5 cm³/mol. The molecule has 0 aromatic heterocycles. The fourth-order valence-corrected chi connectivity index (χ4v) is 2.37. The van der Waals surface area contributed by atoms with Gasteiger partial charge in [-0.1, -0.05) is 31.2 Å². The van der Waals surface area contributed by atoms with E-state index in [-0.39, 0.29) is 5.91 Å². The van der Waals surface area contributed by atoms with E-state index in [9.17, 15) is 4.79 Å². The second-order valence-corrected chi connectivity index (χ2v) is 5.78. The molecule has 24 heavy (non-hydrogen) atoms. The molecule has 0 bridgehead atoms. The van der Waals surface area contributed by atoms with Gasteiger partial charge in [0.05, 0.1) is 7.11 Å². The highest BCUT2D eigenvalue weighted by Crippen LogP contribution is 2.22. The van der Waals surface area contributed by atoms with Gasteiger partial charge in [0.1, 0.15) is 11.5 Å². The average molecular weight is 327 g/mol. The molecule has 128 valence electrons. The first-order valence-electron chi connectivity index (χ1n) is 8.18. The number of ether oxygens (including phenoxy) is 2. The maximum Gasteiger partial charge on any atom is 0.261 e. The van der Waals surface area contributed by atoms with Gasteiger partial charge in [0.25, 0.3) is 5.91 Å². The van der Waals surface area contributed by atoms with Crippen LogP contribution in [0.15, 0.2) is 42.5 Å². The third kappa shape index (κ3) is 4.51. The molecule has 2 rings (SSSR count). The summed E-state index contributed by atoms with van der Waals surface area (Å²) in [5, 5.41) is 2.94. The second-order valence-electron chi connectivity index (χ2n) is 5.78. The third-order valence-electron chi connectivity index (χ3n) is 4.11. The van der Waals surface area contributed by atoms with E-state index in [0.717, 1.165) is 28.2 Å². The predicted octanol–water partition coefficient (Wildman–Crippen LogP) is 3.79. The summed E-state index contributed by atoms with van der Waals surface area (Å²) in [6.45, 7) is 6.46. The van der Waals surface area contributed by atoms with Crippen molar-refractivity contribution >= 4 is 5.91 Å². The largest absolute Gasteiger partial charge is 0.497 e. The quantitative estimate of drug-likeness (QED) is 0.842. The molecule has 4 heteroatoms. The molecule has 0 aliphatic rings. The summed E-state index contributed by atoms with van der Waals surface area (Å²) >= 11 is 0. The van der Waals surface area contributed by atoms with E-state index in [1.165, 1.54) is 0 Å². The highest BCUT2D eigenvalue weighted by Gasteiger charge is 2.19. The molecule has 4 nitrogen and oxygen atoms in total. The van der Waals surface area contributed by atoms with Gasteiger partial charge >= 0.3 is 0 Å². The lowest BCUT2D eigenvalue weighted by Crippen LogP contribution is -2.37. The van der Waals surface area contributed by atoms with Crippen LogP contribution in [0, 0.1) is 13.8 Å². The van der Waals surface area contributed by atoms with Crippen molar-refractivity contribution in [1.29, 1.82) is 0 Å². The molecule has 0 radical (unpaired) electrons. The standard InChI is InChI=1S/C20H25NO3/c1-5-18(24-19-8-6-7-14(2)15(19)3)20(22)21-13-16-9-11-17(23-4)12-10-16/h6-12,18H,5,13H2,1-4H3,(H,21,22)/t18-/m1/s1. The van der Waals surface area contributed by atoms with Crippen molar-refractivity contribution in [3.05, 3.63) is 59.2 Å². The van der Waals surface area contributed by atoms with E-state index >= 15 is 0 Å². The Bertz CT molecular complexity index is 680. The molecular formula is C20H25NO3. The van der Waals surface area contributed by atoms with Gasteiger partial charge in [-0.3, -0.25) is 4.79 Å². The molecule has 0 aliphatic carbocycles. The molecule has 1 amide bonds. The van der Waals surface area contributed by atoms with Gasteiger partial charge in [-0.15, -0.1) is 0 Å². The normalized spacial score (nSPS) is 11.7. The number of benzene rings is 2. The summed E-state index contributed by atoms with van der Waals surface area (Å²) in [5.41, 5.74) is 3.24. The third-order valence-corrected chi connectivity index (χ3v) is 4.11. The number of hydrogen-bond acceptors (Lipinski definition) is 3. The summed E-state index contributed by atoms with van der Waals surface area (Å²) in [6, 6.07) is 13.5. The van der Waals surface area contributed by atoms with Gasteiger partial charge in [0, 0.05) is 6.54 Å². The Morgan fingerprint density at radius 1 is 1.12 bits per heavy atom. The highest BCUT2D eigenvalue weighted by molar-refractivity contribution is 5.81. The van der Waals surface area contributed by atoms with Crippen LogP contribution in [-0.4, -0.2) is 19.1 Å². The van der Waals surface area contributed by atoms with E-state index in [1.807, 2.05) is 63.2 Å². The number of rotatable bonds is 7. The van der Waals surface area contributed by atoms with Crippen LogP contribution in [-0.2, 0) is 11.3 Å². The van der Waals surface area contributed by atoms with Gasteiger partial charge in [-0.2, -0.15) is 0 Å². The highest BCUT2D eigenvalue weighted by atomic mass is 16.5. The monoisotopic (exact) mass is 327 g/mol. The van der Waals surface area contributed by atoms with Crippen molar-refractivity contribution in [2.75, 3.05) is 7.11 Å². The van der Waals surface area contributed by atoms with Crippen molar-refractivity contribution in [1.82, 2.24) is 5.32 Å². The van der Waals surface area contributed by atoms with Crippen molar-refractivity contribution in [3.63, 3.8) is 0 Å². The number of amides is 1. The lowest BCUT2D eigenvalue weighted by atomic mass is 10.1. The van der Waals surface area contributed by atoms with E-state index < -0.39 is 6.10 Å².